The van der Waals surface area contributed by atoms with Crippen molar-refractivity contribution in [2.75, 3.05) is 19.7 Å². The van der Waals surface area contributed by atoms with Gasteiger partial charge in [0.2, 0.25) is 5.91 Å². The molecule has 0 saturated carbocycles. The zero-order valence-electron chi connectivity index (χ0n) is 7.98. The van der Waals surface area contributed by atoms with Crippen LogP contribution in [0.1, 0.15) is 19.3 Å². The molecule has 80 valence electrons. The minimum atomic E-state index is -0.948. The molecule has 0 aromatic rings. The van der Waals surface area contributed by atoms with Crippen LogP contribution in [0.3, 0.4) is 0 Å². The maximum absolute atomic E-state index is 11.4. The second kappa shape index (κ2) is 4.95. The molecular formula is C9H15NO4. The van der Waals surface area contributed by atoms with Crippen LogP contribution < -0.4 is 0 Å². The second-order valence-electron chi connectivity index (χ2n) is 3.57. The van der Waals surface area contributed by atoms with E-state index < -0.39 is 5.97 Å². The Hall–Kier alpha value is -1.10. The van der Waals surface area contributed by atoms with Crippen LogP contribution in [-0.2, 0) is 9.59 Å². The number of carboxylic acid groups (broad SMARTS) is 1. The number of aliphatic hydroxyl groups is 1. The SMILES string of the molecule is O=C(O)CCC(=O)N1CCC(CO)C1. The fourth-order valence-corrected chi connectivity index (χ4v) is 1.58. The highest BCUT2D eigenvalue weighted by molar-refractivity contribution is 5.80. The van der Waals surface area contributed by atoms with Crippen LogP contribution in [0.25, 0.3) is 0 Å². The molecule has 1 saturated heterocycles. The van der Waals surface area contributed by atoms with Crippen LogP contribution in [0, 0.1) is 5.92 Å². The number of aliphatic carboxylic acids is 1. The molecule has 1 aliphatic heterocycles. The first-order valence-corrected chi connectivity index (χ1v) is 4.74. The summed E-state index contributed by atoms with van der Waals surface area (Å²) >= 11 is 0. The lowest BCUT2D eigenvalue weighted by molar-refractivity contribution is -0.140. The van der Waals surface area contributed by atoms with E-state index >= 15 is 0 Å². The van der Waals surface area contributed by atoms with Crippen LogP contribution in [0.5, 0.6) is 0 Å². The predicted octanol–water partition coefficient (Wildman–Crippen LogP) is -0.308. The van der Waals surface area contributed by atoms with Crippen molar-refractivity contribution in [1.82, 2.24) is 4.90 Å². The van der Waals surface area contributed by atoms with E-state index in [-0.39, 0.29) is 31.3 Å². The smallest absolute Gasteiger partial charge is 0.303 e. The Morgan fingerprint density at radius 1 is 1.36 bits per heavy atom. The normalized spacial score (nSPS) is 21.2. The highest BCUT2D eigenvalue weighted by atomic mass is 16.4. The van der Waals surface area contributed by atoms with E-state index in [0.29, 0.717) is 13.1 Å². The maximum Gasteiger partial charge on any atom is 0.303 e. The van der Waals surface area contributed by atoms with Gasteiger partial charge in [-0.2, -0.15) is 0 Å². The van der Waals surface area contributed by atoms with Gasteiger partial charge < -0.3 is 15.1 Å². The topological polar surface area (TPSA) is 77.8 Å². The van der Waals surface area contributed by atoms with Gasteiger partial charge in [-0.1, -0.05) is 0 Å². The molecule has 14 heavy (non-hydrogen) atoms. The average molecular weight is 201 g/mol. The molecule has 1 rings (SSSR count). The van der Waals surface area contributed by atoms with Crippen molar-refractivity contribution < 1.29 is 19.8 Å². The van der Waals surface area contributed by atoms with E-state index in [9.17, 15) is 9.59 Å². The summed E-state index contributed by atoms with van der Waals surface area (Å²) in [6.45, 7) is 1.31. The minimum Gasteiger partial charge on any atom is -0.481 e. The number of carbonyl (C=O) groups is 2. The van der Waals surface area contributed by atoms with Crippen LogP contribution in [0.2, 0.25) is 0 Å². The number of nitrogens with zero attached hydrogens (tertiary/aromatic N) is 1. The molecule has 1 heterocycles. The maximum atomic E-state index is 11.4. The van der Waals surface area contributed by atoms with Crippen LogP contribution in [-0.4, -0.2) is 46.7 Å². The van der Waals surface area contributed by atoms with Gasteiger partial charge in [0.05, 0.1) is 6.42 Å². The molecule has 0 aliphatic carbocycles. The summed E-state index contributed by atoms with van der Waals surface area (Å²) in [5.41, 5.74) is 0. The number of carboxylic acids is 1. The third kappa shape index (κ3) is 2.99. The van der Waals surface area contributed by atoms with E-state index in [1.165, 1.54) is 0 Å². The first kappa shape index (κ1) is 11.0. The standard InChI is InChI=1S/C9H15NO4/c11-6-7-3-4-10(5-7)8(12)1-2-9(13)14/h7,11H,1-6H2,(H,13,14). The molecule has 5 heteroatoms. The van der Waals surface area contributed by atoms with Crippen LogP contribution >= 0.6 is 0 Å². The van der Waals surface area contributed by atoms with E-state index in [1.54, 1.807) is 4.90 Å². The fraction of sp³-hybridized carbons (Fsp3) is 0.778. The zero-order chi connectivity index (χ0) is 10.6. The van der Waals surface area contributed by atoms with Gasteiger partial charge in [0, 0.05) is 32.0 Å². The first-order valence-electron chi connectivity index (χ1n) is 4.74. The predicted molar refractivity (Wildman–Crippen MR) is 48.6 cm³/mol. The van der Waals surface area contributed by atoms with Gasteiger partial charge in [-0.05, 0) is 6.42 Å². The van der Waals surface area contributed by atoms with E-state index in [1.807, 2.05) is 0 Å². The fourth-order valence-electron chi connectivity index (χ4n) is 1.58. The molecule has 0 radical (unpaired) electrons. The Morgan fingerprint density at radius 3 is 2.57 bits per heavy atom. The van der Waals surface area contributed by atoms with Crippen molar-refractivity contribution in [2.24, 2.45) is 5.92 Å². The average Bonchev–Trinajstić information content (AvgIpc) is 2.62. The summed E-state index contributed by atoms with van der Waals surface area (Å²) in [7, 11) is 0. The number of likely N-dealkylation sites (tertiary alicyclic amines) is 1. The molecule has 1 fully saturated rings. The summed E-state index contributed by atoms with van der Waals surface area (Å²) in [6, 6.07) is 0. The largest absolute Gasteiger partial charge is 0.481 e. The van der Waals surface area contributed by atoms with Gasteiger partial charge in [-0.3, -0.25) is 9.59 Å². The number of hydrogen-bond donors (Lipinski definition) is 2. The van der Waals surface area contributed by atoms with Gasteiger partial charge in [-0.25, -0.2) is 0 Å². The molecule has 0 aromatic carbocycles. The second-order valence-corrected chi connectivity index (χ2v) is 3.57. The molecule has 2 N–H and O–H groups in total. The molecule has 1 amide bonds. The Kier molecular flexibility index (Phi) is 3.88. The number of hydrogen-bond acceptors (Lipinski definition) is 3. The molecule has 1 unspecified atom stereocenters. The summed E-state index contributed by atoms with van der Waals surface area (Å²) < 4.78 is 0. The van der Waals surface area contributed by atoms with E-state index in [0.717, 1.165) is 6.42 Å². The van der Waals surface area contributed by atoms with Gasteiger partial charge in [-0.15, -0.1) is 0 Å². The Bertz CT molecular complexity index is 229. The Morgan fingerprint density at radius 2 is 2.07 bits per heavy atom. The van der Waals surface area contributed by atoms with Crippen molar-refractivity contribution in [2.45, 2.75) is 19.3 Å². The lowest BCUT2D eigenvalue weighted by Crippen LogP contribution is -2.29. The van der Waals surface area contributed by atoms with Crippen LogP contribution in [0.4, 0.5) is 0 Å². The summed E-state index contributed by atoms with van der Waals surface area (Å²) in [6.07, 6.45) is 0.766. The van der Waals surface area contributed by atoms with E-state index in [2.05, 4.69) is 0 Å². The molecule has 5 nitrogen and oxygen atoms in total. The molecule has 0 aromatic heterocycles. The summed E-state index contributed by atoms with van der Waals surface area (Å²) in [4.78, 5) is 23.2. The third-order valence-corrected chi connectivity index (χ3v) is 2.45. The first-order chi connectivity index (χ1) is 6.63. The number of amides is 1. The third-order valence-electron chi connectivity index (χ3n) is 2.45. The highest BCUT2D eigenvalue weighted by Gasteiger charge is 2.25. The quantitative estimate of drug-likeness (QED) is 0.654. The molecule has 1 aliphatic rings. The van der Waals surface area contributed by atoms with Gasteiger partial charge in [0.15, 0.2) is 0 Å². The molecule has 0 spiro atoms. The van der Waals surface area contributed by atoms with Crippen molar-refractivity contribution >= 4 is 11.9 Å². The van der Waals surface area contributed by atoms with Crippen molar-refractivity contribution in [3.63, 3.8) is 0 Å². The summed E-state index contributed by atoms with van der Waals surface area (Å²) in [5, 5.41) is 17.2. The highest BCUT2D eigenvalue weighted by Crippen LogP contribution is 2.16. The van der Waals surface area contributed by atoms with Gasteiger partial charge in [0.25, 0.3) is 0 Å². The van der Waals surface area contributed by atoms with Gasteiger partial charge in [0.1, 0.15) is 0 Å². The van der Waals surface area contributed by atoms with E-state index in [4.69, 9.17) is 10.2 Å². The lowest BCUT2D eigenvalue weighted by atomic mass is 10.1. The van der Waals surface area contributed by atoms with Crippen molar-refractivity contribution in [3.8, 4) is 0 Å². The molecule has 1 atom stereocenters. The zero-order valence-corrected chi connectivity index (χ0v) is 7.98. The summed E-state index contributed by atoms with van der Waals surface area (Å²) in [5.74, 6) is -0.900. The van der Waals surface area contributed by atoms with Crippen molar-refractivity contribution in [1.29, 1.82) is 0 Å². The van der Waals surface area contributed by atoms with Gasteiger partial charge >= 0.3 is 5.97 Å². The Labute approximate surface area is 82.3 Å². The number of rotatable bonds is 4. The number of aliphatic hydroxyl groups excluding tert-OH is 1. The van der Waals surface area contributed by atoms with Crippen molar-refractivity contribution in [3.05, 3.63) is 0 Å². The molecule has 0 bridgehead atoms. The monoisotopic (exact) mass is 201 g/mol. The minimum absolute atomic E-state index is 0.0630. The lowest BCUT2D eigenvalue weighted by Gasteiger charge is -2.15. The molecular weight excluding hydrogens is 186 g/mol. The van der Waals surface area contributed by atoms with Crippen LogP contribution in [0.15, 0.2) is 0 Å². The number of carbonyl (C=O) groups excluding carboxylic acids is 1. The Balaban J connectivity index is 2.28.